The van der Waals surface area contributed by atoms with Gasteiger partial charge in [-0.3, -0.25) is 9.67 Å². The van der Waals surface area contributed by atoms with Gasteiger partial charge < -0.3 is 10.6 Å². The Balaban J connectivity index is 2.12. The molecule has 1 atom stereocenters. The molecule has 0 saturated carbocycles. The molecule has 0 aliphatic rings. The van der Waals surface area contributed by atoms with Gasteiger partial charge in [-0.25, -0.2) is 0 Å². The lowest BCUT2D eigenvalue weighted by Gasteiger charge is -2.17. The Bertz CT molecular complexity index is 538. The molecule has 0 bridgehead atoms. The smallest absolute Gasteiger partial charge is 0.0697 e. The maximum atomic E-state index is 6.35. The highest BCUT2D eigenvalue weighted by Crippen LogP contribution is 2.24. The molecule has 2 heterocycles. The largest absolute Gasteiger partial charge is 0.322 e. The van der Waals surface area contributed by atoms with Crippen molar-refractivity contribution in [3.05, 3.63) is 46.5 Å². The van der Waals surface area contributed by atoms with E-state index in [1.807, 2.05) is 23.0 Å². The van der Waals surface area contributed by atoms with Crippen LogP contribution >= 0.6 is 15.9 Å². The van der Waals surface area contributed by atoms with Crippen LogP contribution in [0.5, 0.6) is 0 Å². The predicted molar refractivity (Wildman–Crippen MR) is 83.4 cm³/mol. The van der Waals surface area contributed by atoms with Crippen molar-refractivity contribution in [1.82, 2.24) is 19.7 Å². The Labute approximate surface area is 127 Å². The molecule has 1 unspecified atom stereocenters. The summed E-state index contributed by atoms with van der Waals surface area (Å²) in [5, 5.41) is 4.40. The van der Waals surface area contributed by atoms with E-state index in [1.165, 1.54) is 5.56 Å². The summed E-state index contributed by atoms with van der Waals surface area (Å²) in [6.07, 6.45) is 6.17. The minimum atomic E-state index is -0.0866. The second kappa shape index (κ2) is 6.97. The molecule has 2 aromatic rings. The molecular weight excluding hydrogens is 318 g/mol. The first-order chi connectivity index (χ1) is 9.58. The number of pyridine rings is 1. The molecule has 2 N–H and O–H groups in total. The zero-order chi connectivity index (χ0) is 14.5. The number of hydrogen-bond acceptors (Lipinski definition) is 4. The molecule has 0 spiro atoms. The van der Waals surface area contributed by atoms with Gasteiger partial charge in [0.05, 0.1) is 29.0 Å². The van der Waals surface area contributed by atoms with Crippen LogP contribution in [-0.2, 0) is 13.0 Å². The van der Waals surface area contributed by atoms with Crippen LogP contribution in [0.3, 0.4) is 0 Å². The molecular formula is C14H20BrN5. The van der Waals surface area contributed by atoms with Crippen molar-refractivity contribution in [2.45, 2.75) is 19.0 Å². The zero-order valence-corrected chi connectivity index (χ0v) is 13.4. The van der Waals surface area contributed by atoms with Gasteiger partial charge in [-0.05, 0) is 54.1 Å². The summed E-state index contributed by atoms with van der Waals surface area (Å²) in [5.41, 5.74) is 8.58. The molecule has 0 radical (unpaired) electrons. The normalized spacial score (nSPS) is 12.8. The number of hydrogen-bond donors (Lipinski definition) is 1. The number of likely N-dealkylation sites (N-methyl/N-ethyl adjacent to an activating group) is 1. The number of nitrogens with two attached hydrogens (primary N) is 1. The van der Waals surface area contributed by atoms with E-state index in [2.05, 4.69) is 45.0 Å². The van der Waals surface area contributed by atoms with Gasteiger partial charge >= 0.3 is 0 Å². The van der Waals surface area contributed by atoms with Crippen LogP contribution in [0.2, 0.25) is 0 Å². The Morgan fingerprint density at radius 1 is 1.35 bits per heavy atom. The van der Waals surface area contributed by atoms with E-state index in [1.54, 1.807) is 12.4 Å². The highest BCUT2D eigenvalue weighted by molar-refractivity contribution is 9.10. The minimum absolute atomic E-state index is 0.0866. The lowest BCUT2D eigenvalue weighted by atomic mass is 10.1. The molecule has 108 valence electrons. The number of halogens is 1. The Morgan fingerprint density at radius 2 is 2.05 bits per heavy atom. The molecule has 0 aliphatic heterocycles. The molecule has 0 aromatic carbocycles. The van der Waals surface area contributed by atoms with Gasteiger partial charge in [0.1, 0.15) is 0 Å². The standard InChI is InChI=1S/C14H20BrN5/c1-19(2)7-8-20-14(12(15)10-18-20)13(16)9-11-3-5-17-6-4-11/h3-6,10,13H,7-9,16H2,1-2H3. The van der Waals surface area contributed by atoms with Crippen molar-refractivity contribution >= 4 is 15.9 Å². The van der Waals surface area contributed by atoms with Gasteiger partial charge in [-0.1, -0.05) is 0 Å². The molecule has 0 amide bonds. The average molecular weight is 338 g/mol. The predicted octanol–water partition coefficient (Wildman–Crippen LogP) is 1.84. The van der Waals surface area contributed by atoms with Crippen molar-refractivity contribution < 1.29 is 0 Å². The van der Waals surface area contributed by atoms with Crippen molar-refractivity contribution in [3.63, 3.8) is 0 Å². The molecule has 0 fully saturated rings. The lowest BCUT2D eigenvalue weighted by Crippen LogP contribution is -2.24. The van der Waals surface area contributed by atoms with Crippen LogP contribution in [0, 0.1) is 0 Å². The Morgan fingerprint density at radius 3 is 2.70 bits per heavy atom. The lowest BCUT2D eigenvalue weighted by molar-refractivity contribution is 0.366. The number of nitrogens with zero attached hydrogens (tertiary/aromatic N) is 4. The van der Waals surface area contributed by atoms with E-state index >= 15 is 0 Å². The summed E-state index contributed by atoms with van der Waals surface area (Å²) in [4.78, 5) is 6.16. The summed E-state index contributed by atoms with van der Waals surface area (Å²) in [6.45, 7) is 1.76. The van der Waals surface area contributed by atoms with Gasteiger partial charge in [0.2, 0.25) is 0 Å². The third-order valence-electron chi connectivity index (χ3n) is 3.15. The summed E-state index contributed by atoms with van der Waals surface area (Å²) >= 11 is 3.55. The molecule has 6 heteroatoms. The van der Waals surface area contributed by atoms with Crippen molar-refractivity contribution in [3.8, 4) is 0 Å². The maximum absolute atomic E-state index is 6.35. The van der Waals surface area contributed by atoms with Crippen molar-refractivity contribution in [2.75, 3.05) is 20.6 Å². The Kier molecular flexibility index (Phi) is 5.28. The first-order valence-electron chi connectivity index (χ1n) is 6.58. The average Bonchev–Trinajstić information content (AvgIpc) is 2.78. The SMILES string of the molecule is CN(C)CCn1ncc(Br)c1C(N)Cc1ccncc1. The monoisotopic (exact) mass is 337 g/mol. The Hall–Kier alpha value is -1.24. The van der Waals surface area contributed by atoms with Crippen LogP contribution in [0.15, 0.2) is 35.2 Å². The van der Waals surface area contributed by atoms with Gasteiger partial charge in [-0.2, -0.15) is 5.10 Å². The van der Waals surface area contributed by atoms with Gasteiger partial charge in [0.15, 0.2) is 0 Å². The highest BCUT2D eigenvalue weighted by Gasteiger charge is 2.17. The van der Waals surface area contributed by atoms with Crippen LogP contribution in [0.25, 0.3) is 0 Å². The molecule has 2 rings (SSSR count). The number of rotatable bonds is 6. The van der Waals surface area contributed by atoms with E-state index in [9.17, 15) is 0 Å². The summed E-state index contributed by atoms with van der Waals surface area (Å²) in [7, 11) is 4.10. The summed E-state index contributed by atoms with van der Waals surface area (Å²) in [6, 6.07) is 3.90. The van der Waals surface area contributed by atoms with Crippen LogP contribution in [-0.4, -0.2) is 40.3 Å². The third kappa shape index (κ3) is 3.88. The maximum Gasteiger partial charge on any atom is 0.0697 e. The van der Waals surface area contributed by atoms with E-state index in [-0.39, 0.29) is 6.04 Å². The number of aromatic nitrogens is 3. The van der Waals surface area contributed by atoms with E-state index in [0.29, 0.717) is 0 Å². The molecule has 0 aliphatic carbocycles. The molecule has 5 nitrogen and oxygen atoms in total. The highest BCUT2D eigenvalue weighted by atomic mass is 79.9. The van der Waals surface area contributed by atoms with Crippen molar-refractivity contribution in [2.24, 2.45) is 5.73 Å². The second-order valence-corrected chi connectivity index (χ2v) is 5.92. The molecule has 20 heavy (non-hydrogen) atoms. The van der Waals surface area contributed by atoms with Crippen molar-refractivity contribution in [1.29, 1.82) is 0 Å². The van der Waals surface area contributed by atoms with Gasteiger partial charge in [-0.15, -0.1) is 0 Å². The van der Waals surface area contributed by atoms with Crippen LogP contribution < -0.4 is 5.73 Å². The molecule has 0 saturated heterocycles. The van der Waals surface area contributed by atoms with E-state index in [0.717, 1.165) is 29.7 Å². The van der Waals surface area contributed by atoms with E-state index < -0.39 is 0 Å². The molecule has 2 aromatic heterocycles. The van der Waals surface area contributed by atoms with E-state index in [4.69, 9.17) is 5.73 Å². The zero-order valence-electron chi connectivity index (χ0n) is 11.8. The third-order valence-corrected chi connectivity index (χ3v) is 3.76. The fourth-order valence-corrected chi connectivity index (χ4v) is 2.67. The van der Waals surface area contributed by atoms with Gasteiger partial charge in [0, 0.05) is 18.9 Å². The second-order valence-electron chi connectivity index (χ2n) is 5.07. The first kappa shape index (κ1) is 15.2. The summed E-state index contributed by atoms with van der Waals surface area (Å²) in [5.74, 6) is 0. The quantitative estimate of drug-likeness (QED) is 0.873. The topological polar surface area (TPSA) is 60.0 Å². The fraction of sp³-hybridized carbons (Fsp3) is 0.429. The minimum Gasteiger partial charge on any atom is -0.322 e. The van der Waals surface area contributed by atoms with Crippen LogP contribution in [0.4, 0.5) is 0 Å². The van der Waals surface area contributed by atoms with Crippen LogP contribution in [0.1, 0.15) is 17.3 Å². The summed E-state index contributed by atoms with van der Waals surface area (Å²) < 4.78 is 2.95. The fourth-order valence-electron chi connectivity index (χ4n) is 2.08. The van der Waals surface area contributed by atoms with Gasteiger partial charge in [0.25, 0.3) is 0 Å². The first-order valence-corrected chi connectivity index (χ1v) is 7.37.